The van der Waals surface area contributed by atoms with Crippen LogP contribution in [0.1, 0.15) is 84.5 Å². The SMILES string of the molecule is C[C@]12CCC(O)CC1CC[C@@H]1[C@@H]2CC[C@@]2(C)[C@H]1CCC2(O)CCCO. The Balaban J connectivity index is 1.58. The fourth-order valence-corrected chi connectivity index (χ4v) is 8.13. The maximum Gasteiger partial charge on any atom is 0.0704 e. The first kappa shape index (κ1) is 18.3. The summed E-state index contributed by atoms with van der Waals surface area (Å²) in [4.78, 5) is 0. The summed E-state index contributed by atoms with van der Waals surface area (Å²) in [6.07, 6.45) is 11.7. The Morgan fingerprint density at radius 1 is 0.920 bits per heavy atom. The van der Waals surface area contributed by atoms with Gasteiger partial charge < -0.3 is 15.3 Å². The molecule has 0 saturated heterocycles. The smallest absolute Gasteiger partial charge is 0.0704 e. The summed E-state index contributed by atoms with van der Waals surface area (Å²) in [5, 5.41) is 30.9. The molecule has 144 valence electrons. The first-order valence-electron chi connectivity index (χ1n) is 10.9. The molecular formula is C22H38O3. The number of rotatable bonds is 3. The zero-order chi connectivity index (χ0) is 17.9. The molecular weight excluding hydrogens is 312 g/mol. The van der Waals surface area contributed by atoms with Gasteiger partial charge in [0.1, 0.15) is 0 Å². The van der Waals surface area contributed by atoms with E-state index < -0.39 is 5.60 Å². The molecule has 0 aromatic carbocycles. The molecule has 4 saturated carbocycles. The van der Waals surface area contributed by atoms with E-state index in [9.17, 15) is 15.3 Å². The average molecular weight is 351 g/mol. The van der Waals surface area contributed by atoms with Crippen LogP contribution < -0.4 is 0 Å². The molecule has 4 aliphatic rings. The van der Waals surface area contributed by atoms with Crippen molar-refractivity contribution in [2.45, 2.75) is 96.2 Å². The molecule has 0 aliphatic heterocycles. The zero-order valence-electron chi connectivity index (χ0n) is 16.2. The minimum atomic E-state index is -0.564. The summed E-state index contributed by atoms with van der Waals surface area (Å²) in [5.74, 6) is 2.91. The van der Waals surface area contributed by atoms with Crippen molar-refractivity contribution in [1.29, 1.82) is 0 Å². The van der Waals surface area contributed by atoms with Gasteiger partial charge in [0.25, 0.3) is 0 Å². The fourth-order valence-electron chi connectivity index (χ4n) is 8.13. The second-order valence-electron chi connectivity index (χ2n) is 10.4. The van der Waals surface area contributed by atoms with Gasteiger partial charge in [0.15, 0.2) is 0 Å². The lowest BCUT2D eigenvalue weighted by Crippen LogP contribution is -2.56. The van der Waals surface area contributed by atoms with Crippen LogP contribution in [-0.2, 0) is 0 Å². The molecule has 0 aromatic heterocycles. The van der Waals surface area contributed by atoms with E-state index in [2.05, 4.69) is 13.8 Å². The van der Waals surface area contributed by atoms with Crippen molar-refractivity contribution in [1.82, 2.24) is 0 Å². The van der Waals surface area contributed by atoms with Gasteiger partial charge in [0, 0.05) is 6.61 Å². The van der Waals surface area contributed by atoms with Crippen LogP contribution in [0.4, 0.5) is 0 Å². The molecule has 25 heavy (non-hydrogen) atoms. The van der Waals surface area contributed by atoms with Gasteiger partial charge in [-0.1, -0.05) is 13.8 Å². The van der Waals surface area contributed by atoms with Gasteiger partial charge in [0.2, 0.25) is 0 Å². The van der Waals surface area contributed by atoms with Gasteiger partial charge in [-0.2, -0.15) is 0 Å². The Bertz CT molecular complexity index is 508. The Kier molecular flexibility index (Phi) is 4.53. The number of hydrogen-bond acceptors (Lipinski definition) is 3. The molecule has 3 heteroatoms. The van der Waals surface area contributed by atoms with Crippen LogP contribution in [-0.4, -0.2) is 33.6 Å². The predicted molar refractivity (Wildman–Crippen MR) is 99.0 cm³/mol. The average Bonchev–Trinajstić information content (AvgIpc) is 2.85. The van der Waals surface area contributed by atoms with Gasteiger partial charge in [-0.25, -0.2) is 0 Å². The highest BCUT2D eigenvalue weighted by Gasteiger charge is 2.64. The van der Waals surface area contributed by atoms with E-state index in [0.29, 0.717) is 17.3 Å². The highest BCUT2D eigenvalue weighted by molar-refractivity contribution is 5.13. The third-order valence-corrected chi connectivity index (χ3v) is 9.71. The fraction of sp³-hybridized carbons (Fsp3) is 1.00. The lowest BCUT2D eigenvalue weighted by atomic mass is 9.44. The summed E-state index contributed by atoms with van der Waals surface area (Å²) in [6.45, 7) is 5.07. The predicted octanol–water partition coefficient (Wildman–Crippen LogP) is 3.89. The Morgan fingerprint density at radius 2 is 1.68 bits per heavy atom. The van der Waals surface area contributed by atoms with E-state index in [1.54, 1.807) is 0 Å². The number of aliphatic hydroxyl groups is 3. The normalized spacial score (nSPS) is 55.3. The molecule has 0 bridgehead atoms. The molecule has 3 nitrogen and oxygen atoms in total. The van der Waals surface area contributed by atoms with Gasteiger partial charge in [-0.3, -0.25) is 0 Å². The minimum absolute atomic E-state index is 0.0424. The summed E-state index contributed by atoms with van der Waals surface area (Å²) >= 11 is 0. The Labute approximate surface area is 153 Å². The molecule has 8 atom stereocenters. The Hall–Kier alpha value is -0.120. The molecule has 4 rings (SSSR count). The monoisotopic (exact) mass is 350 g/mol. The molecule has 0 radical (unpaired) electrons. The van der Waals surface area contributed by atoms with Crippen LogP contribution in [0, 0.1) is 34.5 Å². The molecule has 0 spiro atoms. The van der Waals surface area contributed by atoms with E-state index in [1.807, 2.05) is 0 Å². The van der Waals surface area contributed by atoms with Crippen LogP contribution in [0.5, 0.6) is 0 Å². The minimum Gasteiger partial charge on any atom is -0.396 e. The largest absolute Gasteiger partial charge is 0.396 e. The molecule has 4 fully saturated rings. The van der Waals surface area contributed by atoms with E-state index in [0.717, 1.165) is 50.4 Å². The first-order valence-corrected chi connectivity index (χ1v) is 10.9. The maximum absolute atomic E-state index is 11.5. The van der Waals surface area contributed by atoms with Crippen molar-refractivity contribution in [3.05, 3.63) is 0 Å². The molecule has 0 heterocycles. The maximum atomic E-state index is 11.5. The standard InChI is InChI=1S/C22H38O3/c1-20-10-6-16(24)14-15(20)4-5-17-18(20)7-11-21(2)19(17)8-12-22(21,25)9-3-13-23/h15-19,23-25H,3-14H2,1-2H3/t15?,16?,17-,18+,19+,20+,21+,22?/m1/s1. The van der Waals surface area contributed by atoms with Crippen molar-refractivity contribution in [3.8, 4) is 0 Å². The van der Waals surface area contributed by atoms with Crippen molar-refractivity contribution >= 4 is 0 Å². The third kappa shape index (κ3) is 2.56. The van der Waals surface area contributed by atoms with Crippen molar-refractivity contribution < 1.29 is 15.3 Å². The summed E-state index contributed by atoms with van der Waals surface area (Å²) in [7, 11) is 0. The number of aliphatic hydroxyl groups excluding tert-OH is 2. The summed E-state index contributed by atoms with van der Waals surface area (Å²) in [5.41, 5.74) is -0.109. The van der Waals surface area contributed by atoms with E-state index in [-0.39, 0.29) is 18.1 Å². The molecule has 0 amide bonds. The second kappa shape index (κ2) is 6.21. The number of fused-ring (bicyclic) bond motifs is 5. The zero-order valence-corrected chi connectivity index (χ0v) is 16.2. The van der Waals surface area contributed by atoms with E-state index >= 15 is 0 Å². The van der Waals surface area contributed by atoms with Crippen LogP contribution in [0.15, 0.2) is 0 Å². The second-order valence-corrected chi connectivity index (χ2v) is 10.4. The van der Waals surface area contributed by atoms with Crippen LogP contribution >= 0.6 is 0 Å². The topological polar surface area (TPSA) is 60.7 Å². The first-order chi connectivity index (χ1) is 11.8. The van der Waals surface area contributed by atoms with E-state index in [1.165, 1.54) is 32.1 Å². The van der Waals surface area contributed by atoms with Crippen LogP contribution in [0.2, 0.25) is 0 Å². The highest BCUT2D eigenvalue weighted by Crippen LogP contribution is 2.68. The quantitative estimate of drug-likeness (QED) is 0.723. The molecule has 4 aliphatic carbocycles. The van der Waals surface area contributed by atoms with Crippen LogP contribution in [0.25, 0.3) is 0 Å². The van der Waals surface area contributed by atoms with Crippen molar-refractivity contribution in [2.24, 2.45) is 34.5 Å². The van der Waals surface area contributed by atoms with E-state index in [4.69, 9.17) is 0 Å². The molecule has 3 N–H and O–H groups in total. The lowest BCUT2D eigenvalue weighted by Gasteiger charge is -2.61. The molecule has 3 unspecified atom stereocenters. The van der Waals surface area contributed by atoms with Gasteiger partial charge in [-0.05, 0) is 105 Å². The van der Waals surface area contributed by atoms with Crippen LogP contribution in [0.3, 0.4) is 0 Å². The molecule has 0 aromatic rings. The van der Waals surface area contributed by atoms with Gasteiger partial charge in [-0.15, -0.1) is 0 Å². The lowest BCUT2D eigenvalue weighted by molar-refractivity contribution is -0.160. The summed E-state index contributed by atoms with van der Waals surface area (Å²) in [6, 6.07) is 0. The third-order valence-electron chi connectivity index (χ3n) is 9.71. The number of hydrogen-bond donors (Lipinski definition) is 3. The summed E-state index contributed by atoms with van der Waals surface area (Å²) < 4.78 is 0. The highest BCUT2D eigenvalue weighted by atomic mass is 16.3. The van der Waals surface area contributed by atoms with Gasteiger partial charge in [0.05, 0.1) is 11.7 Å². The van der Waals surface area contributed by atoms with Crippen molar-refractivity contribution in [3.63, 3.8) is 0 Å². The van der Waals surface area contributed by atoms with Crippen molar-refractivity contribution in [2.75, 3.05) is 6.61 Å². The van der Waals surface area contributed by atoms with Gasteiger partial charge >= 0.3 is 0 Å². The Morgan fingerprint density at radius 3 is 2.44 bits per heavy atom.